The van der Waals surface area contributed by atoms with Crippen LogP contribution in [-0.4, -0.2) is 42.2 Å². The molecule has 2 atom stereocenters. The number of hydrogen-bond acceptors (Lipinski definition) is 7. The van der Waals surface area contributed by atoms with Crippen LogP contribution in [0.15, 0.2) is 112 Å². The van der Waals surface area contributed by atoms with Crippen LogP contribution in [0.3, 0.4) is 0 Å². The van der Waals surface area contributed by atoms with E-state index >= 15 is 0 Å². The van der Waals surface area contributed by atoms with Crippen molar-refractivity contribution in [1.29, 1.82) is 0 Å². The van der Waals surface area contributed by atoms with Crippen LogP contribution in [-0.2, 0) is 28.9 Å². The van der Waals surface area contributed by atoms with Crippen LogP contribution in [0.1, 0.15) is 45.9 Å². The van der Waals surface area contributed by atoms with Gasteiger partial charge < -0.3 is 14.6 Å². The number of carbonyl (C=O) groups is 1. The summed E-state index contributed by atoms with van der Waals surface area (Å²) in [6, 6.07) is 30.9. The quantitative estimate of drug-likeness (QED) is 0.0418. The lowest BCUT2D eigenvalue weighted by Crippen LogP contribution is -2.54. The molecule has 242 valence electrons. The maximum atomic E-state index is 14.5. The Balaban J connectivity index is 1.52. The van der Waals surface area contributed by atoms with Crippen molar-refractivity contribution in [1.82, 2.24) is 10.9 Å². The SMILES string of the molecule is Cc1ccc(CCNNC(=O)[C@@]2(Cc3ccc(Br)cc3)N=C(c3ccc(OCCCO)cc3)O[C@H]2c2ccccc2CN=[N+]=[N-])cc1. The van der Waals surface area contributed by atoms with Gasteiger partial charge in [0.25, 0.3) is 5.91 Å². The van der Waals surface area contributed by atoms with Crippen LogP contribution in [0, 0.1) is 6.92 Å². The third-order valence-corrected chi connectivity index (χ3v) is 8.45. The van der Waals surface area contributed by atoms with Crippen molar-refractivity contribution in [3.05, 3.63) is 145 Å². The number of halogens is 1. The van der Waals surface area contributed by atoms with Gasteiger partial charge in [-0.1, -0.05) is 87.3 Å². The number of benzene rings is 4. The van der Waals surface area contributed by atoms with Gasteiger partial charge in [-0.05, 0) is 77.5 Å². The molecular weight excluding hydrogens is 660 g/mol. The number of carbonyl (C=O) groups excluding carboxylic acids is 1. The van der Waals surface area contributed by atoms with E-state index in [1.807, 2.05) is 79.7 Å². The number of hydrogen-bond donors (Lipinski definition) is 3. The molecule has 4 aromatic carbocycles. The van der Waals surface area contributed by atoms with Gasteiger partial charge in [0.15, 0.2) is 11.6 Å². The predicted molar refractivity (Wildman–Crippen MR) is 185 cm³/mol. The Bertz CT molecular complexity index is 1720. The topological polar surface area (TPSA) is 141 Å². The zero-order chi connectivity index (χ0) is 33.1. The predicted octanol–water partition coefficient (Wildman–Crippen LogP) is 6.69. The van der Waals surface area contributed by atoms with Gasteiger partial charge in [0.1, 0.15) is 5.75 Å². The first-order valence-electron chi connectivity index (χ1n) is 15.4. The fourth-order valence-electron chi connectivity index (χ4n) is 5.43. The monoisotopic (exact) mass is 696 g/mol. The van der Waals surface area contributed by atoms with Gasteiger partial charge in [-0.25, -0.2) is 10.4 Å². The fourth-order valence-corrected chi connectivity index (χ4v) is 5.69. The highest BCUT2D eigenvalue weighted by molar-refractivity contribution is 9.10. The number of nitrogens with zero attached hydrogens (tertiary/aromatic N) is 4. The van der Waals surface area contributed by atoms with E-state index in [1.54, 1.807) is 0 Å². The summed E-state index contributed by atoms with van der Waals surface area (Å²) < 4.78 is 13.3. The van der Waals surface area contributed by atoms with Crippen molar-refractivity contribution >= 4 is 27.7 Å². The van der Waals surface area contributed by atoms with Crippen molar-refractivity contribution in [3.63, 3.8) is 0 Å². The van der Waals surface area contributed by atoms with E-state index in [4.69, 9.17) is 25.1 Å². The van der Waals surface area contributed by atoms with Crippen LogP contribution >= 0.6 is 15.9 Å². The molecule has 0 aliphatic carbocycles. The van der Waals surface area contributed by atoms with Crippen LogP contribution in [0.5, 0.6) is 5.75 Å². The lowest BCUT2D eigenvalue weighted by Gasteiger charge is -2.32. The van der Waals surface area contributed by atoms with Crippen LogP contribution in [0.4, 0.5) is 0 Å². The number of aliphatic imine (C=N–C) groups is 1. The highest BCUT2D eigenvalue weighted by Crippen LogP contribution is 2.44. The maximum Gasteiger partial charge on any atom is 0.266 e. The van der Waals surface area contributed by atoms with E-state index in [9.17, 15) is 4.79 Å². The van der Waals surface area contributed by atoms with Gasteiger partial charge in [0, 0.05) is 40.9 Å². The molecular formula is C36H37BrN6O4. The highest BCUT2D eigenvalue weighted by Gasteiger charge is 2.53. The molecule has 11 heteroatoms. The molecule has 0 saturated carbocycles. The minimum Gasteiger partial charge on any atom is -0.494 e. The summed E-state index contributed by atoms with van der Waals surface area (Å²) in [5, 5.41) is 12.9. The van der Waals surface area contributed by atoms with Crippen molar-refractivity contribution in [2.24, 2.45) is 10.1 Å². The number of aryl methyl sites for hydroxylation is 1. The van der Waals surface area contributed by atoms with E-state index in [1.165, 1.54) is 5.56 Å². The molecule has 4 aromatic rings. The molecule has 0 spiro atoms. The molecule has 0 bridgehead atoms. The highest BCUT2D eigenvalue weighted by atomic mass is 79.9. The van der Waals surface area contributed by atoms with E-state index in [2.05, 4.69) is 61.1 Å². The second kappa shape index (κ2) is 16.2. The van der Waals surface area contributed by atoms with Gasteiger partial charge in [0.2, 0.25) is 5.90 Å². The standard InChI is InChI=1S/C36H37BrN6O4/c1-25-7-9-26(10-8-25)19-20-39-42-35(45)36(23-27-11-15-30(37)16-12-27)33(32-6-3-2-5-29(32)24-40-43-38)47-34(41-36)28-13-17-31(18-14-28)46-22-4-21-44/h2-3,5-18,33,39,44H,4,19-24H2,1H3,(H,42,45)/t33-,36-/m0/s1. The van der Waals surface area contributed by atoms with Crippen LogP contribution < -0.4 is 15.6 Å². The summed E-state index contributed by atoms with van der Waals surface area (Å²) in [6.07, 6.45) is 0.640. The number of ether oxygens (including phenoxy) is 2. The van der Waals surface area contributed by atoms with E-state index in [0.29, 0.717) is 42.3 Å². The molecule has 0 radical (unpaired) electrons. The van der Waals surface area contributed by atoms with Crippen molar-refractivity contribution in [2.75, 3.05) is 19.8 Å². The van der Waals surface area contributed by atoms with Gasteiger partial charge >= 0.3 is 0 Å². The Morgan fingerprint density at radius 2 is 1.77 bits per heavy atom. The summed E-state index contributed by atoms with van der Waals surface area (Å²) in [5.74, 6) is 0.600. The van der Waals surface area contributed by atoms with E-state index < -0.39 is 11.6 Å². The molecule has 1 heterocycles. The smallest absolute Gasteiger partial charge is 0.266 e. The molecule has 1 aliphatic heterocycles. The first kappa shape index (κ1) is 33.7. The minimum absolute atomic E-state index is 0.0502. The summed E-state index contributed by atoms with van der Waals surface area (Å²) in [6.45, 7) is 3.09. The van der Waals surface area contributed by atoms with E-state index in [0.717, 1.165) is 27.6 Å². The molecule has 0 unspecified atom stereocenters. The number of aliphatic hydroxyl groups is 1. The molecule has 0 fully saturated rings. The van der Waals surface area contributed by atoms with Gasteiger partial charge in [-0.2, -0.15) is 0 Å². The summed E-state index contributed by atoms with van der Waals surface area (Å²) in [4.78, 5) is 22.5. The Hall–Kier alpha value is -4.67. The third-order valence-electron chi connectivity index (χ3n) is 7.92. The number of amides is 1. The van der Waals surface area contributed by atoms with Crippen molar-refractivity contribution < 1.29 is 19.4 Å². The van der Waals surface area contributed by atoms with Crippen LogP contribution in [0.25, 0.3) is 10.4 Å². The Morgan fingerprint density at radius 3 is 2.49 bits per heavy atom. The molecule has 0 saturated heterocycles. The molecule has 5 rings (SSSR count). The van der Waals surface area contributed by atoms with Gasteiger partial charge in [-0.3, -0.25) is 10.2 Å². The number of hydrazine groups is 1. The molecule has 1 aliphatic rings. The fraction of sp³-hybridized carbons (Fsp3) is 0.278. The second-order valence-electron chi connectivity index (χ2n) is 11.3. The summed E-state index contributed by atoms with van der Waals surface area (Å²) in [5.41, 5.74) is 19.1. The normalized spacial score (nSPS) is 16.9. The number of azide groups is 1. The lowest BCUT2D eigenvalue weighted by atomic mass is 9.81. The Kier molecular flexibility index (Phi) is 11.6. The molecule has 0 aromatic heterocycles. The largest absolute Gasteiger partial charge is 0.494 e. The summed E-state index contributed by atoms with van der Waals surface area (Å²) >= 11 is 3.51. The zero-order valence-corrected chi connectivity index (χ0v) is 27.7. The molecule has 3 N–H and O–H groups in total. The lowest BCUT2D eigenvalue weighted by molar-refractivity contribution is -0.130. The van der Waals surface area contributed by atoms with E-state index in [-0.39, 0.29) is 25.5 Å². The van der Waals surface area contributed by atoms with Gasteiger partial charge in [-0.15, -0.1) is 0 Å². The number of aliphatic hydroxyl groups excluding tert-OH is 1. The molecule has 47 heavy (non-hydrogen) atoms. The maximum absolute atomic E-state index is 14.5. The average molecular weight is 698 g/mol. The Labute approximate surface area is 282 Å². The molecule has 1 amide bonds. The minimum atomic E-state index is -1.43. The molecule has 10 nitrogen and oxygen atoms in total. The number of rotatable bonds is 15. The van der Waals surface area contributed by atoms with Crippen LogP contribution in [0.2, 0.25) is 0 Å². The zero-order valence-electron chi connectivity index (χ0n) is 26.1. The van der Waals surface area contributed by atoms with Crippen molar-refractivity contribution in [2.45, 2.75) is 44.4 Å². The first-order chi connectivity index (χ1) is 22.9. The average Bonchev–Trinajstić information content (AvgIpc) is 3.48. The number of nitrogens with one attached hydrogen (secondary N) is 2. The first-order valence-corrected chi connectivity index (χ1v) is 16.2. The summed E-state index contributed by atoms with van der Waals surface area (Å²) in [7, 11) is 0. The van der Waals surface area contributed by atoms with Crippen molar-refractivity contribution in [3.8, 4) is 5.75 Å². The third kappa shape index (κ3) is 8.58. The Morgan fingerprint density at radius 1 is 1.04 bits per heavy atom. The second-order valence-corrected chi connectivity index (χ2v) is 12.2. The van der Waals surface area contributed by atoms with Gasteiger partial charge in [0.05, 0.1) is 13.2 Å².